The molecule has 1 saturated heterocycles. The highest BCUT2D eigenvalue weighted by Gasteiger charge is 2.14. The Labute approximate surface area is 159 Å². The van der Waals surface area contributed by atoms with Gasteiger partial charge in [0.05, 0.1) is 6.42 Å². The summed E-state index contributed by atoms with van der Waals surface area (Å²) in [7, 11) is 0. The maximum absolute atomic E-state index is 12.1. The predicted octanol–water partition coefficient (Wildman–Crippen LogP) is 3.58. The second-order valence-electron chi connectivity index (χ2n) is 6.70. The van der Waals surface area contributed by atoms with Crippen LogP contribution in [0.5, 0.6) is 5.75 Å². The highest BCUT2D eigenvalue weighted by Crippen LogP contribution is 2.19. The molecular weight excluding hydrogens is 348 g/mol. The minimum absolute atomic E-state index is 0.0548. The largest absolute Gasteiger partial charge is 0.489 e. The molecule has 1 aliphatic rings. The van der Waals surface area contributed by atoms with Gasteiger partial charge in [-0.25, -0.2) is 0 Å². The van der Waals surface area contributed by atoms with Gasteiger partial charge in [0, 0.05) is 17.1 Å². The predicted molar refractivity (Wildman–Crippen MR) is 105 cm³/mol. The molecule has 0 saturated carbocycles. The molecule has 0 spiro atoms. The van der Waals surface area contributed by atoms with E-state index in [0.717, 1.165) is 42.9 Å². The summed E-state index contributed by atoms with van der Waals surface area (Å²) in [6.45, 7) is 3.32. The van der Waals surface area contributed by atoms with Gasteiger partial charge in [0.2, 0.25) is 5.91 Å². The summed E-state index contributed by atoms with van der Waals surface area (Å²) in [6.07, 6.45) is 2.62. The fourth-order valence-corrected chi connectivity index (χ4v) is 3.34. The van der Waals surface area contributed by atoms with Gasteiger partial charge in [0.15, 0.2) is 0 Å². The van der Waals surface area contributed by atoms with Crippen LogP contribution in [-0.4, -0.2) is 25.5 Å². The Bertz CT molecular complexity index is 729. The monoisotopic (exact) mass is 372 g/mol. The first-order valence-corrected chi connectivity index (χ1v) is 9.51. The van der Waals surface area contributed by atoms with Gasteiger partial charge in [-0.1, -0.05) is 41.9 Å². The average molecular weight is 373 g/mol. The van der Waals surface area contributed by atoms with Crippen molar-refractivity contribution >= 4 is 17.5 Å². The molecule has 1 amide bonds. The fourth-order valence-electron chi connectivity index (χ4n) is 3.15. The highest BCUT2D eigenvalue weighted by molar-refractivity contribution is 6.31. The molecule has 1 fully saturated rings. The first-order valence-electron chi connectivity index (χ1n) is 9.13. The van der Waals surface area contributed by atoms with Crippen molar-refractivity contribution in [3.8, 4) is 5.75 Å². The first kappa shape index (κ1) is 18.7. The molecule has 0 radical (unpaired) electrons. The summed E-state index contributed by atoms with van der Waals surface area (Å²) in [5.41, 5.74) is 1.89. The van der Waals surface area contributed by atoms with E-state index >= 15 is 0 Å². The van der Waals surface area contributed by atoms with Crippen LogP contribution >= 0.6 is 11.6 Å². The Morgan fingerprint density at radius 2 is 2.12 bits per heavy atom. The van der Waals surface area contributed by atoms with E-state index in [9.17, 15) is 4.79 Å². The number of amides is 1. The summed E-state index contributed by atoms with van der Waals surface area (Å²) in [5.74, 6) is 1.49. The second kappa shape index (κ2) is 9.60. The van der Waals surface area contributed by atoms with Gasteiger partial charge in [-0.05, 0) is 55.6 Å². The smallest absolute Gasteiger partial charge is 0.224 e. The van der Waals surface area contributed by atoms with Gasteiger partial charge in [-0.2, -0.15) is 0 Å². The second-order valence-corrected chi connectivity index (χ2v) is 7.11. The molecule has 1 heterocycles. The van der Waals surface area contributed by atoms with E-state index in [1.54, 1.807) is 0 Å². The van der Waals surface area contributed by atoms with Crippen molar-refractivity contribution in [3.63, 3.8) is 0 Å². The Morgan fingerprint density at radius 3 is 2.92 bits per heavy atom. The zero-order chi connectivity index (χ0) is 18.2. The minimum Gasteiger partial charge on any atom is -0.489 e. The van der Waals surface area contributed by atoms with Crippen LogP contribution in [0.3, 0.4) is 0 Å². The van der Waals surface area contributed by atoms with E-state index in [-0.39, 0.29) is 5.91 Å². The molecule has 4 nitrogen and oxygen atoms in total. The van der Waals surface area contributed by atoms with E-state index < -0.39 is 0 Å². The van der Waals surface area contributed by atoms with Crippen LogP contribution in [0.1, 0.15) is 24.0 Å². The van der Waals surface area contributed by atoms with Crippen LogP contribution < -0.4 is 15.4 Å². The normalized spacial score (nSPS) is 16.4. The number of carbonyl (C=O) groups excluding carboxylic acids is 1. The topological polar surface area (TPSA) is 50.4 Å². The molecule has 0 aliphatic carbocycles. The van der Waals surface area contributed by atoms with E-state index in [0.29, 0.717) is 24.0 Å². The first-order chi connectivity index (χ1) is 12.7. The fraction of sp³-hybridized carbons (Fsp3) is 0.381. The molecule has 1 unspecified atom stereocenters. The molecule has 5 heteroatoms. The van der Waals surface area contributed by atoms with Gasteiger partial charge in [-0.15, -0.1) is 0 Å². The Morgan fingerprint density at radius 1 is 1.23 bits per heavy atom. The van der Waals surface area contributed by atoms with Crippen LogP contribution in [0.15, 0.2) is 48.5 Å². The lowest BCUT2D eigenvalue weighted by atomic mass is 10.1. The van der Waals surface area contributed by atoms with Crippen molar-refractivity contribution in [2.75, 3.05) is 19.6 Å². The molecule has 0 aromatic heterocycles. The number of hydrogen-bond donors (Lipinski definition) is 2. The SMILES string of the molecule is O=C(Cc1cccc(OCc2ccccc2Cl)c1)NCCC1CCNC1. The van der Waals surface area contributed by atoms with Gasteiger partial charge in [0.25, 0.3) is 0 Å². The summed E-state index contributed by atoms with van der Waals surface area (Å²) in [4.78, 5) is 12.1. The van der Waals surface area contributed by atoms with Crippen molar-refractivity contribution in [2.45, 2.75) is 25.9 Å². The molecule has 2 aromatic carbocycles. The molecular formula is C21H25ClN2O2. The standard InChI is InChI=1S/C21H25ClN2O2/c22-20-7-2-1-5-18(20)15-26-19-6-3-4-17(12-19)13-21(25)24-11-9-16-8-10-23-14-16/h1-7,12,16,23H,8-11,13-15H2,(H,24,25). The maximum Gasteiger partial charge on any atom is 0.224 e. The Hall–Kier alpha value is -2.04. The maximum atomic E-state index is 12.1. The lowest BCUT2D eigenvalue weighted by Gasteiger charge is -2.11. The number of rotatable bonds is 8. The third kappa shape index (κ3) is 5.75. The van der Waals surface area contributed by atoms with Crippen LogP contribution in [0, 0.1) is 5.92 Å². The van der Waals surface area contributed by atoms with Crippen LogP contribution in [-0.2, 0) is 17.8 Å². The van der Waals surface area contributed by atoms with Crippen LogP contribution in [0.4, 0.5) is 0 Å². The number of benzene rings is 2. The van der Waals surface area contributed by atoms with Gasteiger partial charge < -0.3 is 15.4 Å². The molecule has 1 atom stereocenters. The molecule has 26 heavy (non-hydrogen) atoms. The van der Waals surface area contributed by atoms with Gasteiger partial charge >= 0.3 is 0 Å². The number of halogens is 1. The minimum atomic E-state index is 0.0548. The number of carbonyl (C=O) groups is 1. The van der Waals surface area contributed by atoms with Crippen molar-refractivity contribution < 1.29 is 9.53 Å². The van der Waals surface area contributed by atoms with Gasteiger partial charge in [0.1, 0.15) is 12.4 Å². The Kier molecular flexibility index (Phi) is 6.92. The van der Waals surface area contributed by atoms with E-state index in [4.69, 9.17) is 16.3 Å². The molecule has 138 valence electrons. The summed E-state index contributed by atoms with van der Waals surface area (Å²) in [6, 6.07) is 15.3. The molecule has 3 rings (SSSR count). The van der Waals surface area contributed by atoms with Crippen molar-refractivity contribution in [1.82, 2.24) is 10.6 Å². The van der Waals surface area contributed by atoms with E-state index in [2.05, 4.69) is 10.6 Å². The van der Waals surface area contributed by atoms with E-state index in [1.165, 1.54) is 6.42 Å². The van der Waals surface area contributed by atoms with Gasteiger partial charge in [-0.3, -0.25) is 4.79 Å². The molecule has 2 aromatic rings. The molecule has 0 bridgehead atoms. The number of nitrogens with one attached hydrogen (secondary N) is 2. The van der Waals surface area contributed by atoms with Crippen LogP contribution in [0.25, 0.3) is 0 Å². The summed E-state index contributed by atoms with van der Waals surface area (Å²) < 4.78 is 5.82. The number of ether oxygens (including phenoxy) is 1. The Balaban J connectivity index is 1.45. The summed E-state index contributed by atoms with van der Waals surface area (Å²) in [5, 5.41) is 7.06. The highest BCUT2D eigenvalue weighted by atomic mass is 35.5. The lowest BCUT2D eigenvalue weighted by Crippen LogP contribution is -2.27. The third-order valence-electron chi connectivity index (χ3n) is 4.65. The zero-order valence-corrected chi connectivity index (χ0v) is 15.6. The lowest BCUT2D eigenvalue weighted by molar-refractivity contribution is -0.120. The van der Waals surface area contributed by atoms with Crippen molar-refractivity contribution in [2.24, 2.45) is 5.92 Å². The van der Waals surface area contributed by atoms with E-state index in [1.807, 2.05) is 48.5 Å². The molecule has 1 aliphatic heterocycles. The zero-order valence-electron chi connectivity index (χ0n) is 14.8. The van der Waals surface area contributed by atoms with Crippen molar-refractivity contribution in [3.05, 3.63) is 64.7 Å². The molecule has 2 N–H and O–H groups in total. The quantitative estimate of drug-likeness (QED) is 0.744. The van der Waals surface area contributed by atoms with Crippen LogP contribution in [0.2, 0.25) is 5.02 Å². The summed E-state index contributed by atoms with van der Waals surface area (Å²) >= 11 is 6.15. The number of hydrogen-bond acceptors (Lipinski definition) is 3. The average Bonchev–Trinajstić information content (AvgIpc) is 3.15. The van der Waals surface area contributed by atoms with Crippen molar-refractivity contribution in [1.29, 1.82) is 0 Å². The third-order valence-corrected chi connectivity index (χ3v) is 5.02.